The normalized spacial score (nSPS) is 24.1. The first-order chi connectivity index (χ1) is 18.9. The van der Waals surface area contributed by atoms with Gasteiger partial charge in [0.2, 0.25) is 6.10 Å². The summed E-state index contributed by atoms with van der Waals surface area (Å²) in [5, 5.41) is 8.87. The Hall–Kier alpha value is -3.48. The van der Waals surface area contributed by atoms with Gasteiger partial charge in [-0.2, -0.15) is 0 Å². The maximum Gasteiger partial charge on any atom is 0.333 e. The molecule has 0 unspecified atom stereocenters. The Morgan fingerprint density at radius 2 is 1.20 bits per heavy atom. The summed E-state index contributed by atoms with van der Waals surface area (Å²) in [6.45, 7) is 7.71. The van der Waals surface area contributed by atoms with Crippen molar-refractivity contribution in [1.29, 1.82) is 0 Å². The van der Waals surface area contributed by atoms with E-state index in [1.807, 2.05) is 0 Å². The third-order valence-corrected chi connectivity index (χ3v) is 5.57. The lowest BCUT2D eigenvalue weighted by Gasteiger charge is -2.48. The number of esters is 5. The monoisotopic (exact) mass is 572 g/mol. The lowest BCUT2D eigenvalue weighted by molar-refractivity contribution is -0.346. The van der Waals surface area contributed by atoms with Crippen molar-refractivity contribution in [2.75, 3.05) is 6.61 Å². The highest BCUT2D eigenvalue weighted by atomic mass is 16.8. The van der Waals surface area contributed by atoms with Crippen molar-refractivity contribution >= 4 is 35.8 Å². The summed E-state index contributed by atoms with van der Waals surface area (Å²) in [5.41, 5.74) is 0. The Labute approximate surface area is 233 Å². The second-order valence-corrected chi connectivity index (χ2v) is 9.27. The van der Waals surface area contributed by atoms with Crippen LogP contribution in [0.3, 0.4) is 0 Å². The summed E-state index contributed by atoms with van der Waals surface area (Å²) in [5.74, 6) is -7.51. The van der Waals surface area contributed by atoms with E-state index in [1.165, 1.54) is 6.92 Å². The Morgan fingerprint density at radius 1 is 0.725 bits per heavy atom. The lowest BCUT2D eigenvalue weighted by atomic mass is 9.92. The number of hydrogen-bond acceptors (Lipinski definition) is 12. The van der Waals surface area contributed by atoms with Crippen molar-refractivity contribution in [3.63, 3.8) is 0 Å². The van der Waals surface area contributed by atoms with Crippen molar-refractivity contribution in [3.8, 4) is 0 Å². The summed E-state index contributed by atoms with van der Waals surface area (Å²) in [4.78, 5) is 73.5. The number of ether oxygens (including phenoxy) is 6. The molecule has 226 valence electrons. The smallest absolute Gasteiger partial charge is 0.333 e. The van der Waals surface area contributed by atoms with Gasteiger partial charge in [-0.05, 0) is 25.7 Å². The van der Waals surface area contributed by atoms with Crippen LogP contribution < -0.4 is 0 Å². The quantitative estimate of drug-likeness (QED) is 0.162. The molecular formula is C27H40O13. The minimum Gasteiger partial charge on any atom is -0.478 e. The number of aliphatic carboxylic acids is 1. The van der Waals surface area contributed by atoms with Crippen molar-refractivity contribution in [2.45, 2.75) is 116 Å². The molecule has 0 aromatic heterocycles. The van der Waals surface area contributed by atoms with Gasteiger partial charge >= 0.3 is 35.8 Å². The molecule has 1 aliphatic heterocycles. The third-order valence-electron chi connectivity index (χ3n) is 5.57. The summed E-state index contributed by atoms with van der Waals surface area (Å²) in [6, 6.07) is 0. The predicted molar refractivity (Wildman–Crippen MR) is 136 cm³/mol. The molecule has 40 heavy (non-hydrogen) atoms. The second-order valence-electron chi connectivity index (χ2n) is 9.27. The van der Waals surface area contributed by atoms with Gasteiger partial charge in [0.15, 0.2) is 12.2 Å². The van der Waals surface area contributed by atoms with Crippen LogP contribution in [-0.4, -0.2) is 77.7 Å². The van der Waals surface area contributed by atoms with E-state index in [0.29, 0.717) is 37.8 Å². The van der Waals surface area contributed by atoms with Crippen molar-refractivity contribution in [1.82, 2.24) is 0 Å². The summed E-state index contributed by atoms with van der Waals surface area (Å²) >= 11 is 0. The molecule has 0 aliphatic carbocycles. The van der Waals surface area contributed by atoms with Crippen molar-refractivity contribution in [2.24, 2.45) is 0 Å². The second kappa shape index (κ2) is 17.3. The predicted octanol–water partition coefficient (Wildman–Crippen LogP) is 2.76. The van der Waals surface area contributed by atoms with Gasteiger partial charge < -0.3 is 33.5 Å². The molecule has 1 heterocycles. The molecule has 0 aromatic carbocycles. The standard InChI is InChI=1S/C27H40O13/c1-6-10-19(30)35-16-17-24(36-20(31)11-7-2)25(37-21(32)12-8-3)26(38-22(33)13-9-4)27(5,39-17)40-23(34)15-14-18(28)29/h14-15,17,24-26H,6-13,16H2,1-5H3,(H,28,29)/b15-14+/t17-,24-,25+,26-,27+/m1/s1. The number of carboxylic acid groups (broad SMARTS) is 1. The summed E-state index contributed by atoms with van der Waals surface area (Å²) in [6.07, 6.45) is -3.03. The Balaban J connectivity index is 3.64. The van der Waals surface area contributed by atoms with Gasteiger partial charge in [-0.3, -0.25) is 19.2 Å². The summed E-state index contributed by atoms with van der Waals surface area (Å²) in [7, 11) is 0. The Bertz CT molecular complexity index is 927. The van der Waals surface area contributed by atoms with Gasteiger partial charge in [0, 0.05) is 44.8 Å². The molecule has 1 aliphatic rings. The number of rotatable bonds is 16. The van der Waals surface area contributed by atoms with Gasteiger partial charge in [0.1, 0.15) is 12.7 Å². The summed E-state index contributed by atoms with van der Waals surface area (Å²) < 4.78 is 33.6. The van der Waals surface area contributed by atoms with Crippen LogP contribution >= 0.6 is 0 Å². The SMILES string of the molecule is CCCC(=O)OC[C@H]1O[C@@](C)(OC(=O)/C=C/C(=O)O)[C@H](OC(=O)CCC)[C@@H](OC(=O)CCC)[C@@H]1OC(=O)CCC. The Kier molecular flexibility index (Phi) is 14.9. The molecule has 0 spiro atoms. The fourth-order valence-electron chi connectivity index (χ4n) is 3.83. The van der Waals surface area contributed by atoms with E-state index in [9.17, 15) is 28.8 Å². The van der Waals surface area contributed by atoms with E-state index in [1.54, 1.807) is 27.7 Å². The number of carbonyl (C=O) groups excluding carboxylic acids is 5. The van der Waals surface area contributed by atoms with Gasteiger partial charge in [-0.1, -0.05) is 27.7 Å². The van der Waals surface area contributed by atoms with E-state index in [2.05, 4.69) is 0 Å². The van der Waals surface area contributed by atoms with E-state index in [4.69, 9.17) is 33.5 Å². The zero-order valence-electron chi connectivity index (χ0n) is 23.7. The first-order valence-corrected chi connectivity index (χ1v) is 13.5. The number of carbonyl (C=O) groups is 6. The van der Waals surface area contributed by atoms with Crippen LogP contribution in [0.25, 0.3) is 0 Å². The average Bonchev–Trinajstić information content (AvgIpc) is 2.86. The molecule has 0 saturated carbocycles. The fourth-order valence-corrected chi connectivity index (χ4v) is 3.83. The lowest BCUT2D eigenvalue weighted by Crippen LogP contribution is -2.68. The van der Waals surface area contributed by atoms with E-state index in [-0.39, 0.29) is 25.7 Å². The molecule has 0 radical (unpaired) electrons. The molecule has 0 amide bonds. The average molecular weight is 573 g/mol. The van der Waals surface area contributed by atoms with Crippen LogP contribution in [0.5, 0.6) is 0 Å². The van der Waals surface area contributed by atoms with E-state index < -0.39 is 72.6 Å². The van der Waals surface area contributed by atoms with E-state index in [0.717, 1.165) is 0 Å². The van der Waals surface area contributed by atoms with Crippen LogP contribution in [0.1, 0.15) is 86.0 Å². The molecule has 1 N–H and O–H groups in total. The van der Waals surface area contributed by atoms with Crippen molar-refractivity contribution in [3.05, 3.63) is 12.2 Å². The largest absolute Gasteiger partial charge is 0.478 e. The molecular weight excluding hydrogens is 532 g/mol. The fraction of sp³-hybridized carbons (Fsp3) is 0.704. The van der Waals surface area contributed by atoms with Gasteiger partial charge in [0.25, 0.3) is 5.79 Å². The molecule has 0 bridgehead atoms. The molecule has 0 aromatic rings. The first kappa shape index (κ1) is 34.5. The van der Waals surface area contributed by atoms with Gasteiger partial charge in [-0.15, -0.1) is 0 Å². The van der Waals surface area contributed by atoms with Crippen LogP contribution in [0.4, 0.5) is 0 Å². The van der Waals surface area contributed by atoms with Gasteiger partial charge in [-0.25, -0.2) is 9.59 Å². The van der Waals surface area contributed by atoms with E-state index >= 15 is 0 Å². The number of carboxylic acids is 1. The molecule has 13 nitrogen and oxygen atoms in total. The zero-order valence-corrected chi connectivity index (χ0v) is 23.7. The van der Waals surface area contributed by atoms with Gasteiger partial charge in [0.05, 0.1) is 0 Å². The maximum atomic E-state index is 12.7. The zero-order chi connectivity index (χ0) is 30.3. The molecule has 1 rings (SSSR count). The highest BCUT2D eigenvalue weighted by Gasteiger charge is 2.60. The van der Waals surface area contributed by atoms with Crippen LogP contribution in [0.15, 0.2) is 12.2 Å². The molecule has 13 heteroatoms. The topological polar surface area (TPSA) is 178 Å². The highest BCUT2D eigenvalue weighted by molar-refractivity contribution is 5.91. The Morgan fingerprint density at radius 3 is 1.70 bits per heavy atom. The number of hydrogen-bond donors (Lipinski definition) is 1. The van der Waals surface area contributed by atoms with Crippen LogP contribution in [-0.2, 0) is 57.2 Å². The van der Waals surface area contributed by atoms with Crippen LogP contribution in [0.2, 0.25) is 0 Å². The molecule has 1 fully saturated rings. The maximum absolute atomic E-state index is 12.7. The van der Waals surface area contributed by atoms with Crippen LogP contribution in [0, 0.1) is 0 Å². The molecule has 1 saturated heterocycles. The minimum atomic E-state index is -2.18. The minimum absolute atomic E-state index is 0.000987. The van der Waals surface area contributed by atoms with Crippen molar-refractivity contribution < 1.29 is 62.3 Å². The first-order valence-electron chi connectivity index (χ1n) is 13.5. The third kappa shape index (κ3) is 11.3. The highest BCUT2D eigenvalue weighted by Crippen LogP contribution is 2.37. The molecule has 5 atom stereocenters.